The maximum absolute atomic E-state index is 13.9. The first-order valence-electron chi connectivity index (χ1n) is 15.5. The van der Waals surface area contributed by atoms with E-state index in [2.05, 4.69) is 5.32 Å². The lowest BCUT2D eigenvalue weighted by Crippen LogP contribution is -2.27. The van der Waals surface area contributed by atoms with Gasteiger partial charge in [-0.25, -0.2) is 13.2 Å². The molecule has 1 heterocycles. The largest absolute Gasteiger partial charge is 0.313 e. The van der Waals surface area contributed by atoms with Gasteiger partial charge in [-0.1, -0.05) is 45.7 Å². The maximum atomic E-state index is 13.9. The molecule has 2 aromatic carbocycles. The molecule has 5 rings (SSSR count). The molecule has 0 radical (unpaired) electrons. The zero-order valence-electron chi connectivity index (χ0n) is 25.7. The van der Waals surface area contributed by atoms with Crippen molar-refractivity contribution in [3.63, 3.8) is 0 Å². The molecule has 2 aromatic rings. The molecule has 2 fully saturated rings. The minimum atomic E-state index is -2.62. The number of carbonyl (C=O) groups excluding carboxylic acids is 1. The first kappa shape index (κ1) is 35.2. The lowest BCUT2D eigenvalue weighted by molar-refractivity contribution is 0.0996. The van der Waals surface area contributed by atoms with E-state index < -0.39 is 12.6 Å². The summed E-state index contributed by atoms with van der Waals surface area (Å²) in [6, 6.07) is 10.9. The molecule has 0 atom stereocenters. The molecule has 0 spiro atoms. The number of amides is 1. The van der Waals surface area contributed by atoms with Crippen molar-refractivity contribution in [3.05, 3.63) is 64.2 Å². The van der Waals surface area contributed by atoms with Gasteiger partial charge in [-0.3, -0.25) is 4.79 Å². The Hall–Kier alpha value is -3.00. The highest BCUT2D eigenvalue weighted by molar-refractivity contribution is 6.10. The Morgan fingerprint density at radius 3 is 2.26 bits per heavy atom. The molecule has 232 valence electrons. The summed E-state index contributed by atoms with van der Waals surface area (Å²) in [6.45, 7) is 9.25. The molecule has 42 heavy (non-hydrogen) atoms. The van der Waals surface area contributed by atoms with Crippen LogP contribution in [0.3, 0.4) is 0 Å². The van der Waals surface area contributed by atoms with Crippen LogP contribution in [0.2, 0.25) is 0 Å². The summed E-state index contributed by atoms with van der Waals surface area (Å²) in [5, 5.41) is 17.5. The molecular weight excluding hydrogens is 537 g/mol. The molecule has 0 unspecified atom stereocenters. The van der Waals surface area contributed by atoms with Gasteiger partial charge in [0.1, 0.15) is 6.17 Å². The third-order valence-corrected chi connectivity index (χ3v) is 7.58. The lowest BCUT2D eigenvalue weighted by Gasteiger charge is -2.25. The number of alkyl halides is 3. The number of rotatable bonds is 10. The van der Waals surface area contributed by atoms with Gasteiger partial charge in [0.2, 0.25) is 0 Å². The number of nitrogens with one attached hydrogen (secondary N) is 3. The van der Waals surface area contributed by atoms with Crippen LogP contribution >= 0.6 is 0 Å². The fourth-order valence-corrected chi connectivity index (χ4v) is 4.95. The molecule has 3 N–H and O–H groups in total. The molecule has 1 amide bonds. The van der Waals surface area contributed by atoms with Gasteiger partial charge in [0.25, 0.3) is 12.3 Å². The summed E-state index contributed by atoms with van der Waals surface area (Å²) in [6.07, 6.45) is 6.87. The minimum Gasteiger partial charge on any atom is -0.313 e. The molecular formula is C34H49F3N4O. The zero-order valence-corrected chi connectivity index (χ0v) is 25.7. The predicted octanol–water partition coefficient (Wildman–Crippen LogP) is 9.23. The standard InChI is InChI=1S/C26H31F2N3O.C4H7F.C2H5N.C2H6/c1-2-5-20(29)10-18-8-4-9-21(11-18)31-16-24-22(25(27)28)12-19(13-23(24)26(31)32)15-30-14-17-6-3-7-17;5-4-2-1-3-4;1-2-3;1-2/h4,8-9,11-13,17,25,29-30H,2-3,5-7,10,14-16H2,1H3;4H,1-3H2;2-3H,1H3;1-2H3. The van der Waals surface area contributed by atoms with Crippen molar-refractivity contribution in [1.82, 2.24) is 5.32 Å². The van der Waals surface area contributed by atoms with Gasteiger partial charge in [-0.05, 0) is 105 Å². The summed E-state index contributed by atoms with van der Waals surface area (Å²) in [5.41, 5.74) is 3.80. The second-order valence-corrected chi connectivity index (χ2v) is 10.8. The summed E-state index contributed by atoms with van der Waals surface area (Å²) in [5.74, 6) is 0.450. The van der Waals surface area contributed by atoms with Crippen LogP contribution in [-0.4, -0.2) is 30.5 Å². The van der Waals surface area contributed by atoms with Crippen molar-refractivity contribution >= 4 is 23.5 Å². The van der Waals surface area contributed by atoms with Gasteiger partial charge in [-0.15, -0.1) is 0 Å². The summed E-state index contributed by atoms with van der Waals surface area (Å²) in [4.78, 5) is 14.8. The van der Waals surface area contributed by atoms with Crippen LogP contribution in [0.15, 0.2) is 36.4 Å². The Bertz CT molecular complexity index is 1150. The first-order valence-corrected chi connectivity index (χ1v) is 15.5. The molecule has 0 saturated heterocycles. The summed E-state index contributed by atoms with van der Waals surface area (Å²) >= 11 is 0. The van der Waals surface area contributed by atoms with Crippen LogP contribution in [0, 0.1) is 16.7 Å². The summed E-state index contributed by atoms with van der Waals surface area (Å²) in [7, 11) is 0. The third-order valence-electron chi connectivity index (χ3n) is 7.58. The van der Waals surface area contributed by atoms with E-state index in [0.717, 1.165) is 49.8 Å². The molecule has 2 aliphatic carbocycles. The Labute approximate surface area is 250 Å². The van der Waals surface area contributed by atoms with E-state index in [1.807, 2.05) is 45.0 Å². The van der Waals surface area contributed by atoms with E-state index in [1.165, 1.54) is 25.5 Å². The number of anilines is 1. The van der Waals surface area contributed by atoms with Gasteiger partial charge < -0.3 is 21.0 Å². The molecule has 5 nitrogen and oxygen atoms in total. The predicted molar refractivity (Wildman–Crippen MR) is 168 cm³/mol. The Kier molecular flexibility index (Phi) is 15.5. The smallest absolute Gasteiger partial charge is 0.264 e. The number of halogens is 3. The van der Waals surface area contributed by atoms with Crippen LogP contribution in [-0.2, 0) is 19.5 Å². The third kappa shape index (κ3) is 10.4. The van der Waals surface area contributed by atoms with Crippen molar-refractivity contribution in [1.29, 1.82) is 10.8 Å². The van der Waals surface area contributed by atoms with Gasteiger partial charge >= 0.3 is 0 Å². The van der Waals surface area contributed by atoms with Crippen LogP contribution < -0.4 is 10.2 Å². The average Bonchev–Trinajstić information content (AvgIpc) is 3.26. The van der Waals surface area contributed by atoms with E-state index in [-0.39, 0.29) is 18.0 Å². The Morgan fingerprint density at radius 2 is 1.74 bits per heavy atom. The SMILES string of the molecule is CC.CC=N.CCCC(=N)Cc1cccc(N2Cc3c(cc(CNCC4CCC4)cc3C(F)F)C2=O)c1.FC1CCC1. The van der Waals surface area contributed by atoms with Crippen LogP contribution in [0.4, 0.5) is 18.9 Å². The van der Waals surface area contributed by atoms with Crippen LogP contribution in [0.25, 0.3) is 0 Å². The fourth-order valence-electron chi connectivity index (χ4n) is 4.95. The van der Waals surface area contributed by atoms with Gasteiger partial charge in [-0.2, -0.15) is 0 Å². The quantitative estimate of drug-likeness (QED) is 0.243. The number of fused-ring (bicyclic) bond motifs is 1. The Balaban J connectivity index is 0.000000532. The van der Waals surface area contributed by atoms with Gasteiger partial charge in [0.15, 0.2) is 0 Å². The van der Waals surface area contributed by atoms with Crippen molar-refractivity contribution in [3.8, 4) is 0 Å². The van der Waals surface area contributed by atoms with E-state index in [4.69, 9.17) is 10.8 Å². The maximum Gasteiger partial charge on any atom is 0.264 e. The number of hydrogen-bond acceptors (Lipinski definition) is 4. The highest BCUT2D eigenvalue weighted by Crippen LogP contribution is 2.36. The second-order valence-electron chi connectivity index (χ2n) is 10.8. The average molecular weight is 587 g/mol. The van der Waals surface area contributed by atoms with E-state index in [9.17, 15) is 18.0 Å². The molecule has 8 heteroatoms. The van der Waals surface area contributed by atoms with E-state index >= 15 is 0 Å². The number of carbonyl (C=O) groups is 1. The number of benzene rings is 2. The lowest BCUT2D eigenvalue weighted by atomic mass is 9.85. The van der Waals surface area contributed by atoms with E-state index in [1.54, 1.807) is 24.0 Å². The topological polar surface area (TPSA) is 80.0 Å². The van der Waals surface area contributed by atoms with Crippen molar-refractivity contribution in [2.45, 2.75) is 111 Å². The number of nitrogens with zero attached hydrogens (tertiary/aromatic N) is 1. The molecule has 1 aliphatic heterocycles. The second kappa shape index (κ2) is 18.5. The molecule has 0 aromatic heterocycles. The van der Waals surface area contributed by atoms with Gasteiger partial charge in [0, 0.05) is 35.5 Å². The van der Waals surface area contributed by atoms with Gasteiger partial charge in [0.05, 0.1) is 6.54 Å². The molecule has 2 saturated carbocycles. The normalized spacial score (nSPS) is 15.6. The monoisotopic (exact) mass is 586 g/mol. The minimum absolute atomic E-state index is 0.0420. The van der Waals surface area contributed by atoms with Crippen molar-refractivity contribution < 1.29 is 18.0 Å². The summed E-state index contributed by atoms with van der Waals surface area (Å²) < 4.78 is 39.3. The molecule has 0 bridgehead atoms. The molecule has 3 aliphatic rings. The Morgan fingerprint density at radius 1 is 1.10 bits per heavy atom. The van der Waals surface area contributed by atoms with Crippen LogP contribution in [0.1, 0.15) is 118 Å². The van der Waals surface area contributed by atoms with Crippen LogP contribution in [0.5, 0.6) is 0 Å². The number of hydrogen-bond donors (Lipinski definition) is 3. The fraction of sp³-hybridized carbons (Fsp3) is 0.559. The van der Waals surface area contributed by atoms with E-state index in [0.29, 0.717) is 41.4 Å². The zero-order chi connectivity index (χ0) is 31.1. The first-order chi connectivity index (χ1) is 20.3. The van der Waals surface area contributed by atoms with Crippen molar-refractivity contribution in [2.24, 2.45) is 5.92 Å². The highest BCUT2D eigenvalue weighted by Gasteiger charge is 2.33. The van der Waals surface area contributed by atoms with Crippen molar-refractivity contribution in [2.75, 3.05) is 11.4 Å². The highest BCUT2D eigenvalue weighted by atomic mass is 19.3.